The molecule has 3 heterocycles. The van der Waals surface area contributed by atoms with Crippen LogP contribution in [-0.2, 0) is 6.42 Å². The van der Waals surface area contributed by atoms with Gasteiger partial charge < -0.3 is 0 Å². The molecule has 1 aromatic carbocycles. The predicted octanol–water partition coefficient (Wildman–Crippen LogP) is 6.85. The Morgan fingerprint density at radius 1 is 1.14 bits per heavy atom. The first kappa shape index (κ1) is 26.2. The fraction of sp³-hybridized carbons (Fsp3) is 0.107. The normalized spacial score (nSPS) is 17.4. The number of aromatic nitrogens is 2. The quantitative estimate of drug-likeness (QED) is 0.228. The van der Waals surface area contributed by atoms with E-state index in [9.17, 15) is 0 Å². The van der Waals surface area contributed by atoms with Crippen molar-refractivity contribution in [2.45, 2.75) is 20.3 Å². The summed E-state index contributed by atoms with van der Waals surface area (Å²) < 4.78 is 18.1. The number of benzene rings is 1. The predicted molar refractivity (Wildman–Crippen MR) is 185 cm³/mol. The Kier molecular flexibility index (Phi) is 9.28. The van der Waals surface area contributed by atoms with Gasteiger partial charge in [0.2, 0.25) is 0 Å². The van der Waals surface area contributed by atoms with Gasteiger partial charge in [-0.3, -0.25) is 0 Å². The van der Waals surface area contributed by atoms with Crippen LogP contribution in [-0.4, -0.2) is 40.1 Å². The van der Waals surface area contributed by atoms with Crippen LogP contribution in [0.15, 0.2) is 92.9 Å². The van der Waals surface area contributed by atoms with Gasteiger partial charge in [0, 0.05) is 31.3 Å². The minimum absolute atomic E-state index is 0.297. The topological polar surface area (TPSA) is 50.5 Å². The van der Waals surface area contributed by atoms with Crippen molar-refractivity contribution in [2.24, 2.45) is 9.98 Å². The molecule has 0 saturated heterocycles. The molecule has 0 N–H and O–H groups in total. The molecule has 0 aliphatic carbocycles. The van der Waals surface area contributed by atoms with Gasteiger partial charge in [0.05, 0.1) is 9.42 Å². The van der Waals surface area contributed by atoms with Crippen molar-refractivity contribution in [2.75, 3.05) is 0 Å². The highest BCUT2D eigenvalue weighted by Crippen LogP contribution is 2.34. The Morgan fingerprint density at radius 2 is 1.89 bits per heavy atom. The minimum atomic E-state index is -2.14. The van der Waals surface area contributed by atoms with Gasteiger partial charge in [-0.25, -0.2) is 20.0 Å². The molecule has 1 aromatic heterocycles. The summed E-state index contributed by atoms with van der Waals surface area (Å²) in [4.78, 5) is 18.9. The fourth-order valence-electron chi connectivity index (χ4n) is 3.15. The maximum Gasteiger partial charge on any atom is 0.160 e. The molecular formula is C28H27I3N4. The molecule has 4 nitrogen and oxygen atoms in total. The third kappa shape index (κ3) is 6.48. The second-order valence-electron chi connectivity index (χ2n) is 7.52. The lowest BCUT2D eigenvalue weighted by Gasteiger charge is -2.13. The Balaban J connectivity index is 1.80. The molecule has 0 unspecified atom stereocenters. The third-order valence-electron chi connectivity index (χ3n) is 5.17. The van der Waals surface area contributed by atoms with Crippen LogP contribution >= 0.6 is 58.5 Å². The molecule has 4 rings (SSSR count). The monoisotopic (exact) mass is 800 g/mol. The molecule has 2 aliphatic rings. The van der Waals surface area contributed by atoms with Crippen LogP contribution in [0.2, 0.25) is 0 Å². The number of rotatable bonds is 7. The van der Waals surface area contributed by atoms with Crippen LogP contribution in [0.5, 0.6) is 0 Å². The molecule has 2 aromatic rings. The van der Waals surface area contributed by atoms with Crippen LogP contribution in [0.4, 0.5) is 0 Å². The first-order valence-corrected chi connectivity index (χ1v) is 20.7. The van der Waals surface area contributed by atoms with Crippen molar-refractivity contribution in [1.29, 1.82) is 0 Å². The summed E-state index contributed by atoms with van der Waals surface area (Å²) in [6, 6.07) is 10.6. The van der Waals surface area contributed by atoms with E-state index in [4.69, 9.17) is 4.99 Å². The molecule has 0 amide bonds. The van der Waals surface area contributed by atoms with E-state index in [1.807, 2.05) is 24.7 Å². The van der Waals surface area contributed by atoms with Crippen molar-refractivity contribution in [3.63, 3.8) is 0 Å². The SMILES string of the molecule is C=C(N=C(C1=CC=C(c2ccccc2)I=C1)I(=C)=C(C)c1ncc(CC)cn1)C1=I(=C)C=CC=N1. The molecule has 0 radical (unpaired) electrons. The van der Waals surface area contributed by atoms with Crippen LogP contribution in [0.1, 0.15) is 30.8 Å². The van der Waals surface area contributed by atoms with E-state index in [1.54, 1.807) is 0 Å². The number of halogens is 3. The van der Waals surface area contributed by atoms with Crippen molar-refractivity contribution in [3.05, 3.63) is 99.8 Å². The lowest BCUT2D eigenvalue weighted by atomic mass is 10.2. The maximum absolute atomic E-state index is 5.11. The highest BCUT2D eigenvalue weighted by Gasteiger charge is 2.14. The van der Waals surface area contributed by atoms with Gasteiger partial charge in [-0.15, -0.1) is 18.9 Å². The van der Waals surface area contributed by atoms with E-state index in [2.05, 4.69) is 95.0 Å². The van der Waals surface area contributed by atoms with Gasteiger partial charge in [0.1, 0.15) is 3.63 Å². The van der Waals surface area contributed by atoms with Gasteiger partial charge in [0.25, 0.3) is 0 Å². The van der Waals surface area contributed by atoms with E-state index in [-0.39, 0.29) is 20.7 Å². The number of nitrogens with zero attached hydrogens (tertiary/aromatic N) is 4. The zero-order valence-electron chi connectivity index (χ0n) is 19.8. The third-order valence-corrected chi connectivity index (χ3v) is 15.8. The molecule has 7 heteroatoms. The molecule has 0 spiro atoms. The van der Waals surface area contributed by atoms with Gasteiger partial charge in [0.15, 0.2) is 5.82 Å². The van der Waals surface area contributed by atoms with E-state index in [0.29, 0.717) is 5.70 Å². The van der Waals surface area contributed by atoms with Gasteiger partial charge in [-0.05, 0) is 44.7 Å². The average molecular weight is 800 g/mol. The molecular weight excluding hydrogens is 773 g/mol. The zero-order valence-corrected chi connectivity index (χ0v) is 26.2. The Bertz CT molecular complexity index is 1500. The molecule has 35 heavy (non-hydrogen) atoms. The zero-order chi connectivity index (χ0) is 24.8. The largest absolute Gasteiger partial charge is 0.249 e. The molecule has 0 fully saturated rings. The second-order valence-corrected chi connectivity index (χ2v) is 18.6. The summed E-state index contributed by atoms with van der Waals surface area (Å²) in [6.07, 6.45) is 13.0. The van der Waals surface area contributed by atoms with Crippen LogP contribution in [0.3, 0.4) is 0 Å². The minimum Gasteiger partial charge on any atom is -0.249 e. The van der Waals surface area contributed by atoms with Crippen molar-refractivity contribution < 1.29 is 0 Å². The highest BCUT2D eigenvalue weighted by atomic mass is 127. The standard InChI is InChI=1S/C28H27I3N4/c1-6-22-18-33-28(34-19-22)20(2)31(5)27(35-21(3)26-30(4)15-10-16-32-26)24-13-14-25(29-17-24)23-11-8-7-9-12-23/h7-19H,3-6H2,1-2H3. The second kappa shape index (κ2) is 12.4. The van der Waals surface area contributed by atoms with Crippen LogP contribution in [0.25, 0.3) is 3.58 Å². The number of hydrogen-bond donors (Lipinski definition) is 0. The summed E-state index contributed by atoms with van der Waals surface area (Å²) in [5, 5.41) is 0. The van der Waals surface area contributed by atoms with Crippen molar-refractivity contribution in [1.82, 2.24) is 9.97 Å². The Labute approximate surface area is 229 Å². The van der Waals surface area contributed by atoms with E-state index < -0.39 is 37.7 Å². The van der Waals surface area contributed by atoms with Crippen LogP contribution < -0.4 is 0 Å². The number of aryl methyl sites for hydroxylation is 1. The van der Waals surface area contributed by atoms with Crippen molar-refractivity contribution in [3.8, 4) is 0 Å². The van der Waals surface area contributed by atoms with E-state index in [0.717, 1.165) is 34.2 Å². The van der Waals surface area contributed by atoms with Gasteiger partial charge >= 0.3 is 0 Å². The lowest BCUT2D eigenvalue weighted by Crippen LogP contribution is -2.07. The molecule has 180 valence electrons. The first-order valence-electron chi connectivity index (χ1n) is 10.9. The number of allylic oxidation sites excluding steroid dienone is 4. The summed E-state index contributed by atoms with van der Waals surface area (Å²) in [5.41, 5.74) is 4.29. The lowest BCUT2D eigenvalue weighted by molar-refractivity contribution is 1.03. The molecule has 0 bridgehead atoms. The van der Waals surface area contributed by atoms with E-state index >= 15 is 0 Å². The number of aliphatic imine (C=N–C) groups is 2. The maximum atomic E-state index is 5.11. The van der Waals surface area contributed by atoms with Crippen LogP contribution in [0, 0.1) is 0 Å². The molecule has 0 atom stereocenters. The average Bonchev–Trinajstić information content (AvgIpc) is 2.91. The van der Waals surface area contributed by atoms with Crippen molar-refractivity contribution >= 4 is 92.2 Å². The van der Waals surface area contributed by atoms with E-state index in [1.165, 1.54) is 9.14 Å². The Hall–Kier alpha value is -1.86. The smallest absolute Gasteiger partial charge is 0.160 e. The highest BCUT2D eigenvalue weighted by molar-refractivity contribution is 14.2. The molecule has 0 saturated carbocycles. The fourth-order valence-corrected chi connectivity index (χ4v) is 11.8. The van der Waals surface area contributed by atoms with Gasteiger partial charge in [-0.1, -0.05) is 98.5 Å². The Morgan fingerprint density at radius 3 is 2.51 bits per heavy atom. The summed E-state index contributed by atoms with van der Waals surface area (Å²) in [7, 11) is 0. The first-order chi connectivity index (χ1) is 17.0. The summed E-state index contributed by atoms with van der Waals surface area (Å²) in [5.74, 6) is 0.768. The summed E-state index contributed by atoms with van der Waals surface area (Å²) in [6.45, 7) is 8.51. The van der Waals surface area contributed by atoms with Gasteiger partial charge in [-0.2, -0.15) is 0 Å². The summed E-state index contributed by atoms with van der Waals surface area (Å²) >= 11 is -4.16. The number of hydrogen-bond acceptors (Lipinski definition) is 4. The molecule has 2 aliphatic heterocycles.